The molecule has 4 saturated carbocycles. The molecule has 178 valence electrons. The fraction of sp³-hybridized carbons (Fsp3) is 0.929. The highest BCUT2D eigenvalue weighted by molar-refractivity contribution is 6.74. The summed E-state index contributed by atoms with van der Waals surface area (Å²) in [7, 11) is 0.249. The molecule has 0 radical (unpaired) electrons. The van der Waals surface area contributed by atoms with Crippen molar-refractivity contribution >= 4 is 8.32 Å². The second-order valence-corrected chi connectivity index (χ2v) is 18.2. The molecule has 0 heterocycles. The summed E-state index contributed by atoms with van der Waals surface area (Å²) in [5, 5.41) is 0.298. The second-order valence-electron chi connectivity index (χ2n) is 13.4. The van der Waals surface area contributed by atoms with E-state index in [-0.39, 0.29) is 0 Å². The topological polar surface area (TPSA) is 18.5 Å². The number of methoxy groups -OCH3 is 1. The lowest BCUT2D eigenvalue weighted by atomic mass is 9.44. The molecule has 4 rings (SSSR count). The first-order chi connectivity index (χ1) is 14.5. The van der Waals surface area contributed by atoms with Gasteiger partial charge < -0.3 is 9.16 Å². The standard InChI is InChI=1S/C28H50O2Si/c1-9-20-11-13-24-23-12-10-21-18-22(30-31(7,8)26(2,3)4)14-17-28(21,19-29-6)25(23)15-16-27(20,24)5/h9,21-25H,10-19H2,1-8H3/b20-9-/t21-,22?,23-,24-,25-,27+,28+/m0/s1. The summed E-state index contributed by atoms with van der Waals surface area (Å²) in [5.41, 5.74) is 2.66. The lowest BCUT2D eigenvalue weighted by Crippen LogP contribution is -2.57. The SMILES string of the molecule is C/C=C1/CC[C@H]2[C@@H]3CC[C@H]4CC(O[Si](C)(C)C(C)(C)C)CC[C@]4(COC)[C@H]3CC[C@]12C. The molecule has 0 aromatic heterocycles. The van der Waals surface area contributed by atoms with E-state index in [2.05, 4.69) is 53.8 Å². The predicted octanol–water partition coefficient (Wildman–Crippen LogP) is 7.99. The Morgan fingerprint density at radius 2 is 1.77 bits per heavy atom. The number of hydrogen-bond donors (Lipinski definition) is 0. The van der Waals surface area contributed by atoms with E-state index >= 15 is 0 Å². The van der Waals surface area contributed by atoms with E-state index in [4.69, 9.17) is 9.16 Å². The third-order valence-electron chi connectivity index (χ3n) is 11.2. The first-order valence-electron chi connectivity index (χ1n) is 13.3. The minimum absolute atomic E-state index is 0.298. The lowest BCUT2D eigenvalue weighted by Gasteiger charge is -2.62. The van der Waals surface area contributed by atoms with Crippen LogP contribution in [0.5, 0.6) is 0 Å². The van der Waals surface area contributed by atoms with Gasteiger partial charge >= 0.3 is 0 Å². The Hall–Kier alpha value is -0.123. The number of allylic oxidation sites excluding steroid dienone is 2. The Morgan fingerprint density at radius 3 is 2.42 bits per heavy atom. The maximum atomic E-state index is 6.96. The summed E-state index contributed by atoms with van der Waals surface area (Å²) in [4.78, 5) is 0. The minimum atomic E-state index is -1.70. The van der Waals surface area contributed by atoms with Crippen LogP contribution in [0, 0.1) is 34.5 Å². The van der Waals surface area contributed by atoms with Crippen molar-refractivity contribution in [3.63, 3.8) is 0 Å². The van der Waals surface area contributed by atoms with Gasteiger partial charge in [0.05, 0.1) is 6.61 Å². The average Bonchev–Trinajstić information content (AvgIpc) is 3.03. The molecule has 2 nitrogen and oxygen atoms in total. The van der Waals surface area contributed by atoms with Crippen LogP contribution in [-0.2, 0) is 9.16 Å². The van der Waals surface area contributed by atoms with Crippen molar-refractivity contribution < 1.29 is 9.16 Å². The number of rotatable bonds is 4. The van der Waals surface area contributed by atoms with Crippen LogP contribution in [-0.4, -0.2) is 28.1 Å². The summed E-state index contributed by atoms with van der Waals surface area (Å²) < 4.78 is 13.0. The zero-order valence-corrected chi connectivity index (χ0v) is 22.9. The van der Waals surface area contributed by atoms with Gasteiger partial charge in [0.1, 0.15) is 0 Å². The molecule has 1 unspecified atom stereocenters. The molecule has 0 aromatic rings. The van der Waals surface area contributed by atoms with Crippen LogP contribution in [0.1, 0.15) is 92.4 Å². The van der Waals surface area contributed by atoms with Crippen molar-refractivity contribution in [1.29, 1.82) is 0 Å². The Balaban J connectivity index is 1.55. The first-order valence-corrected chi connectivity index (χ1v) is 16.2. The maximum Gasteiger partial charge on any atom is 0.192 e. The minimum Gasteiger partial charge on any atom is -0.414 e. The predicted molar refractivity (Wildman–Crippen MR) is 134 cm³/mol. The van der Waals surface area contributed by atoms with Gasteiger partial charge in [-0.15, -0.1) is 0 Å². The highest BCUT2D eigenvalue weighted by atomic mass is 28.4. The highest BCUT2D eigenvalue weighted by Crippen LogP contribution is 2.67. The Kier molecular flexibility index (Phi) is 6.41. The fourth-order valence-electron chi connectivity index (χ4n) is 8.58. The molecule has 0 aromatic carbocycles. The monoisotopic (exact) mass is 446 g/mol. The van der Waals surface area contributed by atoms with E-state index in [9.17, 15) is 0 Å². The molecule has 0 aliphatic heterocycles. The van der Waals surface area contributed by atoms with Gasteiger partial charge in [0, 0.05) is 13.2 Å². The van der Waals surface area contributed by atoms with Gasteiger partial charge in [-0.25, -0.2) is 0 Å². The maximum absolute atomic E-state index is 6.96. The van der Waals surface area contributed by atoms with Crippen LogP contribution in [0.3, 0.4) is 0 Å². The van der Waals surface area contributed by atoms with Gasteiger partial charge in [0.25, 0.3) is 0 Å². The molecule has 4 aliphatic rings. The highest BCUT2D eigenvalue weighted by Gasteiger charge is 2.60. The molecule has 0 spiro atoms. The fourth-order valence-corrected chi connectivity index (χ4v) is 9.98. The van der Waals surface area contributed by atoms with E-state index < -0.39 is 8.32 Å². The molecule has 0 N–H and O–H groups in total. The smallest absolute Gasteiger partial charge is 0.192 e. The van der Waals surface area contributed by atoms with E-state index in [1.807, 2.05) is 7.11 Å². The molecule has 31 heavy (non-hydrogen) atoms. The van der Waals surface area contributed by atoms with Gasteiger partial charge in [-0.2, -0.15) is 0 Å². The zero-order valence-electron chi connectivity index (χ0n) is 21.9. The van der Waals surface area contributed by atoms with Crippen molar-refractivity contribution in [3.05, 3.63) is 11.6 Å². The Labute approximate surface area is 194 Å². The molecule has 4 fully saturated rings. The van der Waals surface area contributed by atoms with Crippen LogP contribution in [0.2, 0.25) is 18.1 Å². The van der Waals surface area contributed by atoms with Gasteiger partial charge in [-0.05, 0) is 117 Å². The summed E-state index contributed by atoms with van der Waals surface area (Å²) >= 11 is 0. The molecule has 4 aliphatic carbocycles. The molecule has 0 saturated heterocycles. The van der Waals surface area contributed by atoms with E-state index in [0.29, 0.717) is 22.0 Å². The van der Waals surface area contributed by atoms with Crippen LogP contribution in [0.4, 0.5) is 0 Å². The number of ether oxygens (including phenoxy) is 1. The van der Waals surface area contributed by atoms with Crippen LogP contribution >= 0.6 is 0 Å². The molecule has 0 amide bonds. The first kappa shape index (κ1) is 24.0. The number of fused-ring (bicyclic) bond motifs is 5. The summed E-state index contributed by atoms with van der Waals surface area (Å²) in [5.74, 6) is 3.49. The van der Waals surface area contributed by atoms with Crippen LogP contribution in [0.15, 0.2) is 11.6 Å². The normalized spacial score (nSPS) is 44.6. The van der Waals surface area contributed by atoms with Gasteiger partial charge in [0.2, 0.25) is 0 Å². The largest absolute Gasteiger partial charge is 0.414 e. The Bertz CT molecular complexity index is 692. The molecular formula is C28H50O2Si. The summed E-state index contributed by atoms with van der Waals surface area (Å²) in [6.45, 7) is 17.9. The molecule has 3 heteroatoms. The number of hydrogen-bond acceptors (Lipinski definition) is 2. The molecule has 0 bridgehead atoms. The van der Waals surface area contributed by atoms with Crippen LogP contribution in [0.25, 0.3) is 0 Å². The van der Waals surface area contributed by atoms with Crippen molar-refractivity contribution in [1.82, 2.24) is 0 Å². The summed E-state index contributed by atoms with van der Waals surface area (Å²) in [6.07, 6.45) is 15.2. The van der Waals surface area contributed by atoms with E-state index in [1.165, 1.54) is 57.8 Å². The Morgan fingerprint density at radius 1 is 1.03 bits per heavy atom. The van der Waals surface area contributed by atoms with Crippen molar-refractivity contribution in [2.45, 2.75) is 117 Å². The van der Waals surface area contributed by atoms with E-state index in [0.717, 1.165) is 30.3 Å². The quantitative estimate of drug-likeness (QED) is 0.322. The van der Waals surface area contributed by atoms with E-state index in [1.54, 1.807) is 5.57 Å². The zero-order chi connectivity index (χ0) is 22.7. The summed E-state index contributed by atoms with van der Waals surface area (Å²) in [6, 6.07) is 0. The third kappa shape index (κ3) is 3.83. The second kappa shape index (κ2) is 8.27. The van der Waals surface area contributed by atoms with Crippen molar-refractivity contribution in [2.24, 2.45) is 34.5 Å². The van der Waals surface area contributed by atoms with Gasteiger partial charge in [0.15, 0.2) is 8.32 Å². The van der Waals surface area contributed by atoms with Crippen LogP contribution < -0.4 is 0 Å². The molecular weight excluding hydrogens is 396 g/mol. The third-order valence-corrected chi connectivity index (χ3v) is 15.7. The van der Waals surface area contributed by atoms with Gasteiger partial charge in [-0.1, -0.05) is 39.3 Å². The van der Waals surface area contributed by atoms with Gasteiger partial charge in [-0.3, -0.25) is 0 Å². The van der Waals surface area contributed by atoms with Crippen molar-refractivity contribution in [2.75, 3.05) is 13.7 Å². The average molecular weight is 447 g/mol. The lowest BCUT2D eigenvalue weighted by molar-refractivity contribution is -0.150. The van der Waals surface area contributed by atoms with Crippen molar-refractivity contribution in [3.8, 4) is 0 Å². The molecule has 7 atom stereocenters.